The van der Waals surface area contributed by atoms with Crippen LogP contribution in [-0.2, 0) is 33.0 Å². The van der Waals surface area contributed by atoms with Crippen molar-refractivity contribution in [2.75, 3.05) is 5.73 Å². The van der Waals surface area contributed by atoms with Gasteiger partial charge in [-0.3, -0.25) is 8.98 Å². The highest BCUT2D eigenvalue weighted by molar-refractivity contribution is 7.67. The highest BCUT2D eigenvalue weighted by Gasteiger charge is 2.44. The summed E-state index contributed by atoms with van der Waals surface area (Å²) in [4.78, 5) is 18.7. The number of thiol groups is 1. The summed E-state index contributed by atoms with van der Waals surface area (Å²) < 4.78 is 73.5. The Kier molecular flexibility index (Phi) is 8.91. The predicted molar refractivity (Wildman–Crippen MR) is 127 cm³/mol. The molecule has 3 aromatic rings. The van der Waals surface area contributed by atoms with Crippen LogP contribution in [-0.4, -0.2) is 41.7 Å². The maximum atomic E-state index is 14.1. The molecule has 0 aliphatic heterocycles. The molecule has 0 aliphatic rings. The van der Waals surface area contributed by atoms with Gasteiger partial charge in [0.1, 0.15) is 6.04 Å². The van der Waals surface area contributed by atoms with Crippen LogP contribution in [0.2, 0.25) is 5.02 Å². The van der Waals surface area contributed by atoms with E-state index >= 15 is 0 Å². The van der Waals surface area contributed by atoms with Crippen molar-refractivity contribution in [3.8, 4) is 17.1 Å². The van der Waals surface area contributed by atoms with Crippen molar-refractivity contribution in [1.29, 1.82) is 0 Å². The Morgan fingerprint density at radius 1 is 1.11 bits per heavy atom. The van der Waals surface area contributed by atoms with Gasteiger partial charge in [0.2, 0.25) is 17.9 Å². The van der Waals surface area contributed by atoms with Crippen LogP contribution in [0.5, 0.6) is 5.88 Å². The molecular formula is C22H20ClF3N4O6S. The summed E-state index contributed by atoms with van der Waals surface area (Å²) in [6.45, 7) is -0.695. The Balaban J connectivity index is 1.94. The standard InChI is InChI=1S/C22H20ClF3N4O6S/c23-14-5-6-15(13(8-14)10-35-37(33)34)19(22(24,25)26)36-18-9-17(29-21(28)30-18)12-3-1-11(2-4-12)7-16(27)20(31)32/h1-6,8-9,16,19,37H,7,10,27H2,(H,31,32)(H2,28,29,30)/t16-,19?/m0/s1. The molecule has 0 radical (unpaired) electrons. The Labute approximate surface area is 215 Å². The molecule has 10 nitrogen and oxygen atoms in total. The SMILES string of the molecule is Nc1nc(OC(c2ccc(Cl)cc2CO[SH](=O)=O)C(F)(F)F)cc(-c2ccc(C[C@H](N)C(=O)O)cc2)n1. The molecule has 0 saturated heterocycles. The number of hydrogen-bond acceptors (Lipinski definition) is 9. The first kappa shape index (κ1) is 28.1. The smallest absolute Gasteiger partial charge is 0.429 e. The minimum Gasteiger partial charge on any atom is -0.480 e. The van der Waals surface area contributed by atoms with Crippen molar-refractivity contribution in [1.82, 2.24) is 9.97 Å². The Hall–Kier alpha value is -3.46. The van der Waals surface area contributed by atoms with Crippen molar-refractivity contribution in [3.63, 3.8) is 0 Å². The van der Waals surface area contributed by atoms with Gasteiger partial charge in [-0.25, -0.2) is 13.4 Å². The maximum Gasteiger partial charge on any atom is 0.429 e. The zero-order valence-electron chi connectivity index (χ0n) is 18.7. The van der Waals surface area contributed by atoms with Crippen molar-refractivity contribution in [3.05, 3.63) is 70.2 Å². The van der Waals surface area contributed by atoms with Gasteiger partial charge in [-0.15, -0.1) is 0 Å². The molecule has 0 bridgehead atoms. The van der Waals surface area contributed by atoms with Gasteiger partial charge in [-0.1, -0.05) is 41.9 Å². The fraction of sp³-hybridized carbons (Fsp3) is 0.227. The number of nitrogens with zero attached hydrogens (tertiary/aromatic N) is 2. The van der Waals surface area contributed by atoms with E-state index in [2.05, 4.69) is 14.2 Å². The van der Waals surface area contributed by atoms with E-state index in [4.69, 9.17) is 32.9 Å². The number of anilines is 1. The second kappa shape index (κ2) is 11.7. The van der Waals surface area contributed by atoms with Gasteiger partial charge in [0, 0.05) is 22.2 Å². The third-order valence-corrected chi connectivity index (χ3v) is 5.57. The van der Waals surface area contributed by atoms with Crippen molar-refractivity contribution in [2.45, 2.75) is 31.3 Å². The number of alkyl halides is 3. The van der Waals surface area contributed by atoms with E-state index in [9.17, 15) is 26.4 Å². The summed E-state index contributed by atoms with van der Waals surface area (Å²) in [5.41, 5.74) is 11.8. The lowest BCUT2D eigenvalue weighted by Gasteiger charge is -2.24. The van der Waals surface area contributed by atoms with Crippen LogP contribution in [0.25, 0.3) is 11.3 Å². The molecule has 2 atom stereocenters. The number of benzene rings is 2. The summed E-state index contributed by atoms with van der Waals surface area (Å²) in [5, 5.41) is 9.00. The molecular weight excluding hydrogens is 541 g/mol. The summed E-state index contributed by atoms with van der Waals surface area (Å²) >= 11 is 5.87. The molecule has 0 spiro atoms. The fourth-order valence-corrected chi connectivity index (χ4v) is 3.75. The van der Waals surface area contributed by atoms with E-state index in [0.717, 1.165) is 18.2 Å². The largest absolute Gasteiger partial charge is 0.480 e. The van der Waals surface area contributed by atoms with Crippen molar-refractivity contribution in [2.24, 2.45) is 5.73 Å². The molecule has 0 amide bonds. The second-order valence-corrected chi connectivity index (χ2v) is 8.82. The monoisotopic (exact) mass is 560 g/mol. The van der Waals surface area contributed by atoms with E-state index in [-0.39, 0.29) is 28.6 Å². The molecule has 37 heavy (non-hydrogen) atoms. The lowest BCUT2D eigenvalue weighted by Crippen LogP contribution is -2.32. The van der Waals surface area contributed by atoms with Crippen molar-refractivity contribution < 1.29 is 40.4 Å². The first-order valence-electron chi connectivity index (χ1n) is 10.3. The lowest BCUT2D eigenvalue weighted by molar-refractivity contribution is -0.199. The number of rotatable bonds is 10. The Morgan fingerprint density at radius 2 is 1.78 bits per heavy atom. The van der Waals surface area contributed by atoms with E-state index in [1.54, 1.807) is 24.3 Å². The molecule has 0 aliphatic carbocycles. The quantitative estimate of drug-likeness (QED) is 0.270. The number of hydrogen-bond donors (Lipinski definition) is 4. The molecule has 5 N–H and O–H groups in total. The predicted octanol–water partition coefficient (Wildman–Crippen LogP) is 3.06. The molecule has 1 heterocycles. The Bertz CT molecular complexity index is 1350. The third kappa shape index (κ3) is 7.76. The minimum atomic E-state index is -4.95. The van der Waals surface area contributed by atoms with E-state index in [0.29, 0.717) is 11.1 Å². The maximum absolute atomic E-state index is 14.1. The van der Waals surface area contributed by atoms with Gasteiger partial charge >= 0.3 is 12.1 Å². The topological polar surface area (TPSA) is 168 Å². The highest BCUT2D eigenvalue weighted by Crippen LogP contribution is 2.39. The first-order valence-corrected chi connectivity index (χ1v) is 11.8. The van der Waals surface area contributed by atoms with Crippen LogP contribution in [0.15, 0.2) is 48.5 Å². The van der Waals surface area contributed by atoms with Gasteiger partial charge in [0.05, 0.1) is 12.3 Å². The summed E-state index contributed by atoms with van der Waals surface area (Å²) in [6, 6.07) is 9.73. The Morgan fingerprint density at radius 3 is 2.38 bits per heavy atom. The normalized spacial score (nSPS) is 13.4. The summed E-state index contributed by atoms with van der Waals surface area (Å²) in [6.07, 6.45) is -7.46. The average Bonchev–Trinajstić information content (AvgIpc) is 2.81. The third-order valence-electron chi connectivity index (χ3n) is 4.99. The number of nitrogens with two attached hydrogens (primary N) is 2. The van der Waals surface area contributed by atoms with E-state index in [1.807, 2.05) is 0 Å². The fourth-order valence-electron chi connectivity index (χ4n) is 3.31. The van der Waals surface area contributed by atoms with E-state index < -0.39 is 53.3 Å². The number of nitrogen functional groups attached to an aromatic ring is 1. The van der Waals surface area contributed by atoms with E-state index in [1.165, 1.54) is 6.07 Å². The number of ether oxygens (including phenoxy) is 1. The highest BCUT2D eigenvalue weighted by atomic mass is 35.5. The number of carboxylic acid groups (broad SMARTS) is 1. The number of carbonyl (C=O) groups is 1. The average molecular weight is 561 g/mol. The number of aromatic nitrogens is 2. The molecule has 15 heteroatoms. The second-order valence-electron chi connectivity index (χ2n) is 7.68. The molecule has 198 valence electrons. The lowest BCUT2D eigenvalue weighted by atomic mass is 10.0. The molecule has 1 aromatic heterocycles. The van der Waals surface area contributed by atoms with Crippen LogP contribution in [0.3, 0.4) is 0 Å². The number of aliphatic carboxylic acids is 1. The first-order chi connectivity index (χ1) is 17.3. The van der Waals surface area contributed by atoms with Gasteiger partial charge in [-0.05, 0) is 29.7 Å². The zero-order valence-corrected chi connectivity index (χ0v) is 20.3. The van der Waals surface area contributed by atoms with Crippen LogP contribution in [0.1, 0.15) is 22.8 Å². The molecule has 2 aromatic carbocycles. The van der Waals surface area contributed by atoms with Crippen LogP contribution < -0.4 is 16.2 Å². The summed E-state index contributed by atoms with van der Waals surface area (Å²) in [5.74, 6) is -2.03. The van der Waals surface area contributed by atoms with Crippen molar-refractivity contribution >= 4 is 34.5 Å². The van der Waals surface area contributed by atoms with Gasteiger partial charge in [-0.2, -0.15) is 18.2 Å². The van der Waals surface area contributed by atoms with Crippen LogP contribution in [0.4, 0.5) is 19.1 Å². The van der Waals surface area contributed by atoms with Crippen LogP contribution >= 0.6 is 11.6 Å². The molecule has 0 saturated carbocycles. The van der Waals surface area contributed by atoms with Gasteiger partial charge in [0.25, 0.3) is 11.0 Å². The zero-order chi connectivity index (χ0) is 27.3. The van der Waals surface area contributed by atoms with Gasteiger partial charge < -0.3 is 21.3 Å². The number of carboxylic acids is 1. The molecule has 1 unspecified atom stereocenters. The van der Waals surface area contributed by atoms with Gasteiger partial charge in [0.15, 0.2) is 0 Å². The minimum absolute atomic E-state index is 0.0609. The number of halogens is 4. The molecule has 0 fully saturated rings. The van der Waals surface area contributed by atoms with Crippen LogP contribution in [0, 0.1) is 0 Å². The summed E-state index contributed by atoms with van der Waals surface area (Å²) in [7, 11) is -3.33. The molecule has 3 rings (SSSR count).